The van der Waals surface area contributed by atoms with Gasteiger partial charge in [0.1, 0.15) is 11.5 Å². The monoisotopic (exact) mass is 556 g/mol. The largest absolute Gasteiger partial charge is 0.497 e. The van der Waals surface area contributed by atoms with E-state index in [2.05, 4.69) is 17.4 Å². The Morgan fingerprint density at radius 2 is 1.79 bits per heavy atom. The molecular formula is C28H29ClN2O6S. The Labute approximate surface area is 227 Å². The number of carbonyl (C=O) groups is 1. The molecule has 0 aromatic heterocycles. The molecule has 1 unspecified atom stereocenters. The fraction of sp³-hybridized carbons (Fsp3) is 0.321. The third-order valence-corrected chi connectivity index (χ3v) is 9.20. The van der Waals surface area contributed by atoms with Gasteiger partial charge in [0.25, 0.3) is 15.9 Å². The second kappa shape index (κ2) is 10.8. The number of amides is 1. The molecule has 1 amide bonds. The zero-order chi connectivity index (χ0) is 26.8. The topological polar surface area (TPSA) is 94.2 Å². The van der Waals surface area contributed by atoms with Crippen molar-refractivity contribution in [2.45, 2.75) is 29.3 Å². The van der Waals surface area contributed by atoms with Gasteiger partial charge in [-0.1, -0.05) is 41.9 Å². The molecular weight excluding hydrogens is 528 g/mol. The van der Waals surface area contributed by atoms with Gasteiger partial charge in [-0.25, -0.2) is 8.42 Å². The van der Waals surface area contributed by atoms with Gasteiger partial charge in [0.05, 0.1) is 24.2 Å². The average Bonchev–Trinajstić information content (AvgIpc) is 2.96. The summed E-state index contributed by atoms with van der Waals surface area (Å²) in [6.07, 6.45) is 0.480. The van der Waals surface area contributed by atoms with Crippen LogP contribution in [0.2, 0.25) is 5.02 Å². The smallest absolute Gasteiger partial charge is 0.264 e. The molecule has 1 N–H and O–H groups in total. The first-order chi connectivity index (χ1) is 18.3. The second-order valence-corrected chi connectivity index (χ2v) is 11.7. The number of rotatable bonds is 7. The molecule has 2 heterocycles. The number of nitrogens with one attached hydrogen (secondary N) is 1. The van der Waals surface area contributed by atoms with E-state index in [1.54, 1.807) is 24.3 Å². The first-order valence-corrected chi connectivity index (χ1v) is 14.2. The SMILES string of the molecule is COc1ccc(S(=O)(=O)N2CC(C(=O)NCC3(c4ccccc4)CCOCC3)Oc3ccc(Cl)cc32)cc1. The molecule has 10 heteroatoms. The van der Waals surface area contributed by atoms with Gasteiger partial charge in [0.2, 0.25) is 0 Å². The van der Waals surface area contributed by atoms with Crippen molar-refractivity contribution in [2.75, 3.05) is 37.7 Å². The van der Waals surface area contributed by atoms with Crippen LogP contribution >= 0.6 is 11.6 Å². The Hall–Kier alpha value is -3.27. The highest BCUT2D eigenvalue weighted by atomic mass is 35.5. The summed E-state index contributed by atoms with van der Waals surface area (Å²) in [6.45, 7) is 1.40. The van der Waals surface area contributed by atoms with E-state index >= 15 is 0 Å². The molecule has 1 fully saturated rings. The summed E-state index contributed by atoms with van der Waals surface area (Å²) in [6, 6.07) is 20.9. The van der Waals surface area contributed by atoms with Crippen molar-refractivity contribution in [3.63, 3.8) is 0 Å². The first-order valence-electron chi connectivity index (χ1n) is 12.4. The number of carbonyl (C=O) groups excluding carboxylic acids is 1. The molecule has 1 saturated heterocycles. The zero-order valence-electron chi connectivity index (χ0n) is 20.9. The van der Waals surface area contributed by atoms with E-state index in [1.165, 1.54) is 29.6 Å². The lowest BCUT2D eigenvalue weighted by molar-refractivity contribution is -0.128. The molecule has 2 aliphatic rings. The number of sulfonamides is 1. The van der Waals surface area contributed by atoms with Gasteiger partial charge in [-0.15, -0.1) is 0 Å². The minimum atomic E-state index is -4.03. The van der Waals surface area contributed by atoms with Crippen LogP contribution in [-0.2, 0) is 25.0 Å². The molecule has 200 valence electrons. The predicted molar refractivity (Wildman–Crippen MR) is 145 cm³/mol. The summed E-state index contributed by atoms with van der Waals surface area (Å²) in [5, 5.41) is 3.40. The molecule has 2 aliphatic heterocycles. The van der Waals surface area contributed by atoms with Gasteiger partial charge in [0, 0.05) is 30.2 Å². The molecule has 0 aliphatic carbocycles. The maximum absolute atomic E-state index is 13.7. The van der Waals surface area contributed by atoms with Crippen LogP contribution in [0.15, 0.2) is 77.7 Å². The number of halogens is 1. The number of benzene rings is 3. The van der Waals surface area contributed by atoms with Crippen molar-refractivity contribution >= 4 is 33.2 Å². The van der Waals surface area contributed by atoms with E-state index < -0.39 is 16.1 Å². The van der Waals surface area contributed by atoms with Gasteiger partial charge < -0.3 is 19.5 Å². The van der Waals surface area contributed by atoms with Crippen LogP contribution in [0.3, 0.4) is 0 Å². The molecule has 38 heavy (non-hydrogen) atoms. The van der Waals surface area contributed by atoms with Crippen LogP contribution < -0.4 is 19.1 Å². The van der Waals surface area contributed by atoms with Crippen molar-refractivity contribution in [1.29, 1.82) is 0 Å². The van der Waals surface area contributed by atoms with Crippen molar-refractivity contribution in [2.24, 2.45) is 0 Å². The third kappa shape index (κ3) is 5.18. The number of ether oxygens (including phenoxy) is 3. The first kappa shape index (κ1) is 26.3. The summed E-state index contributed by atoms with van der Waals surface area (Å²) in [7, 11) is -2.52. The molecule has 0 radical (unpaired) electrons. The van der Waals surface area contributed by atoms with E-state index in [4.69, 9.17) is 25.8 Å². The molecule has 3 aromatic carbocycles. The van der Waals surface area contributed by atoms with E-state index in [9.17, 15) is 13.2 Å². The van der Waals surface area contributed by atoms with Crippen LogP contribution in [0.25, 0.3) is 0 Å². The lowest BCUT2D eigenvalue weighted by atomic mass is 9.74. The van der Waals surface area contributed by atoms with Crippen molar-refractivity contribution in [3.05, 3.63) is 83.4 Å². The number of hydrogen-bond donors (Lipinski definition) is 1. The Morgan fingerprint density at radius 1 is 1.08 bits per heavy atom. The zero-order valence-corrected chi connectivity index (χ0v) is 22.5. The average molecular weight is 557 g/mol. The highest BCUT2D eigenvalue weighted by Crippen LogP contribution is 2.39. The molecule has 3 aromatic rings. The number of fused-ring (bicyclic) bond motifs is 1. The molecule has 5 rings (SSSR count). The summed E-state index contributed by atoms with van der Waals surface area (Å²) >= 11 is 6.20. The van der Waals surface area contributed by atoms with Crippen molar-refractivity contribution < 1.29 is 27.4 Å². The van der Waals surface area contributed by atoms with Gasteiger partial charge >= 0.3 is 0 Å². The Morgan fingerprint density at radius 3 is 2.47 bits per heavy atom. The molecule has 8 nitrogen and oxygen atoms in total. The van der Waals surface area contributed by atoms with Gasteiger partial charge in [-0.3, -0.25) is 9.10 Å². The molecule has 0 saturated carbocycles. The lowest BCUT2D eigenvalue weighted by Gasteiger charge is -2.39. The van der Waals surface area contributed by atoms with E-state index in [1.807, 2.05) is 18.2 Å². The van der Waals surface area contributed by atoms with Gasteiger partial charge in [-0.2, -0.15) is 0 Å². The standard InChI is InChI=1S/C28H29ClN2O6S/c1-35-22-8-10-23(11-9-22)38(33,34)31-18-26(37-25-12-7-21(29)17-24(25)31)27(32)30-19-28(13-15-36-16-14-28)20-5-3-2-4-6-20/h2-12,17,26H,13-16,18-19H2,1H3,(H,30,32). The predicted octanol–water partition coefficient (Wildman–Crippen LogP) is 4.17. The molecule has 0 spiro atoms. The van der Waals surface area contributed by atoms with Crippen LogP contribution in [0.4, 0.5) is 5.69 Å². The number of methoxy groups -OCH3 is 1. The third-order valence-electron chi connectivity index (χ3n) is 7.17. The summed E-state index contributed by atoms with van der Waals surface area (Å²) in [5.41, 5.74) is 1.14. The lowest BCUT2D eigenvalue weighted by Crippen LogP contribution is -2.53. The maximum Gasteiger partial charge on any atom is 0.264 e. The Kier molecular flexibility index (Phi) is 7.52. The summed E-state index contributed by atoms with van der Waals surface area (Å²) < 4.78 is 45.4. The van der Waals surface area contributed by atoms with Crippen LogP contribution in [-0.4, -0.2) is 53.8 Å². The molecule has 1 atom stereocenters. The Bertz CT molecular complexity index is 1390. The van der Waals surface area contributed by atoms with Crippen molar-refractivity contribution in [1.82, 2.24) is 5.32 Å². The number of nitrogens with zero attached hydrogens (tertiary/aromatic N) is 1. The van der Waals surface area contributed by atoms with Crippen molar-refractivity contribution in [3.8, 4) is 11.5 Å². The van der Waals surface area contributed by atoms with Crippen LogP contribution in [0.5, 0.6) is 11.5 Å². The van der Waals surface area contributed by atoms with Crippen LogP contribution in [0, 0.1) is 0 Å². The van der Waals surface area contributed by atoms with Gasteiger partial charge in [0.15, 0.2) is 6.10 Å². The maximum atomic E-state index is 13.7. The highest BCUT2D eigenvalue weighted by Gasteiger charge is 2.40. The van der Waals surface area contributed by atoms with Crippen LogP contribution in [0.1, 0.15) is 18.4 Å². The number of hydrogen-bond acceptors (Lipinski definition) is 6. The quantitative estimate of drug-likeness (QED) is 0.469. The Balaban J connectivity index is 1.41. The normalized spacial score (nSPS) is 18.7. The minimum Gasteiger partial charge on any atom is -0.497 e. The summed E-state index contributed by atoms with van der Waals surface area (Å²) in [5.74, 6) is 0.413. The fourth-order valence-electron chi connectivity index (χ4n) is 4.96. The van der Waals surface area contributed by atoms with Gasteiger partial charge in [-0.05, 0) is 60.9 Å². The minimum absolute atomic E-state index is 0.0653. The highest BCUT2D eigenvalue weighted by molar-refractivity contribution is 7.92. The van der Waals surface area contributed by atoms with E-state index in [0.29, 0.717) is 30.5 Å². The summed E-state index contributed by atoms with van der Waals surface area (Å²) in [4.78, 5) is 13.5. The second-order valence-electron chi connectivity index (χ2n) is 9.41. The fourth-order valence-corrected chi connectivity index (χ4v) is 6.59. The number of anilines is 1. The molecule has 0 bridgehead atoms. The van der Waals surface area contributed by atoms with E-state index in [-0.39, 0.29) is 34.2 Å². The van der Waals surface area contributed by atoms with E-state index in [0.717, 1.165) is 18.4 Å².